The Balaban J connectivity index is 2.27. The number of hydrogen-bond acceptors (Lipinski definition) is 3. The van der Waals surface area contributed by atoms with Crippen molar-refractivity contribution >= 4 is 17.5 Å². The smallest absolute Gasteiger partial charge is 0.237 e. The van der Waals surface area contributed by atoms with E-state index in [9.17, 15) is 9.59 Å². The summed E-state index contributed by atoms with van der Waals surface area (Å²) < 4.78 is 0. The Hall–Kier alpha value is -2.12. The molecule has 1 unspecified atom stereocenters. The maximum absolute atomic E-state index is 11.9. The van der Waals surface area contributed by atoms with Gasteiger partial charge in [-0.3, -0.25) is 14.5 Å². The molecule has 1 heterocycles. The Bertz CT molecular complexity index is 568. The molecule has 4 heteroatoms. The zero-order valence-electron chi connectivity index (χ0n) is 10.7. The first-order chi connectivity index (χ1) is 9.13. The van der Waals surface area contributed by atoms with Crippen molar-refractivity contribution in [2.24, 2.45) is 5.92 Å². The second-order valence-electron chi connectivity index (χ2n) is 4.50. The summed E-state index contributed by atoms with van der Waals surface area (Å²) >= 11 is 0. The molecule has 2 rings (SSSR count). The molecule has 19 heavy (non-hydrogen) atoms. The number of aliphatic hydroxyl groups excluding tert-OH is 1. The Labute approximate surface area is 112 Å². The van der Waals surface area contributed by atoms with Crippen molar-refractivity contribution < 1.29 is 14.7 Å². The zero-order chi connectivity index (χ0) is 13.8. The average Bonchev–Trinajstić information content (AvgIpc) is 2.64. The molecule has 1 aliphatic heterocycles. The molecule has 1 N–H and O–H groups in total. The van der Waals surface area contributed by atoms with Gasteiger partial charge in [0, 0.05) is 24.3 Å². The minimum absolute atomic E-state index is 0.0211. The topological polar surface area (TPSA) is 57.6 Å². The van der Waals surface area contributed by atoms with Gasteiger partial charge in [0.1, 0.15) is 0 Å². The van der Waals surface area contributed by atoms with E-state index in [1.54, 1.807) is 25.1 Å². The number of anilines is 1. The number of aliphatic hydroxyl groups is 1. The molecule has 1 aromatic carbocycles. The quantitative estimate of drug-likeness (QED) is 0.642. The second-order valence-corrected chi connectivity index (χ2v) is 4.50. The number of amides is 2. The van der Waals surface area contributed by atoms with Crippen LogP contribution in [0.15, 0.2) is 24.3 Å². The summed E-state index contributed by atoms with van der Waals surface area (Å²) in [7, 11) is 0. The van der Waals surface area contributed by atoms with Crippen molar-refractivity contribution in [3.8, 4) is 11.8 Å². The van der Waals surface area contributed by atoms with Gasteiger partial charge in [0.15, 0.2) is 0 Å². The van der Waals surface area contributed by atoms with E-state index in [1.807, 2.05) is 6.07 Å². The lowest BCUT2D eigenvalue weighted by Gasteiger charge is -2.14. The lowest BCUT2D eigenvalue weighted by molar-refractivity contribution is -0.122. The summed E-state index contributed by atoms with van der Waals surface area (Å²) in [6, 6.07) is 7.02. The third-order valence-corrected chi connectivity index (χ3v) is 2.95. The molecule has 1 atom stereocenters. The number of carbonyl (C=O) groups excluding carboxylic acids is 2. The molecule has 0 saturated carbocycles. The third kappa shape index (κ3) is 2.83. The summed E-state index contributed by atoms with van der Waals surface area (Å²) in [5.41, 5.74) is 1.29. The fourth-order valence-electron chi connectivity index (χ4n) is 2.00. The molecular weight excluding hydrogens is 242 g/mol. The van der Waals surface area contributed by atoms with Crippen LogP contribution in [0.3, 0.4) is 0 Å². The predicted molar refractivity (Wildman–Crippen MR) is 71.3 cm³/mol. The summed E-state index contributed by atoms with van der Waals surface area (Å²) in [6.07, 6.45) is 0.669. The van der Waals surface area contributed by atoms with Gasteiger partial charge in [-0.05, 0) is 18.2 Å². The molecule has 4 nitrogen and oxygen atoms in total. The lowest BCUT2D eigenvalue weighted by atomic mass is 10.1. The van der Waals surface area contributed by atoms with Crippen LogP contribution in [0.2, 0.25) is 0 Å². The van der Waals surface area contributed by atoms with Gasteiger partial charge in [-0.15, -0.1) is 0 Å². The van der Waals surface area contributed by atoms with Crippen molar-refractivity contribution in [1.82, 2.24) is 0 Å². The van der Waals surface area contributed by atoms with Crippen LogP contribution >= 0.6 is 0 Å². The van der Waals surface area contributed by atoms with Gasteiger partial charge in [0.2, 0.25) is 11.8 Å². The average molecular weight is 257 g/mol. The highest BCUT2D eigenvalue weighted by Crippen LogP contribution is 2.26. The number of hydrogen-bond donors (Lipinski definition) is 1. The zero-order valence-corrected chi connectivity index (χ0v) is 10.7. The number of rotatable bonds is 2. The molecular formula is C15H15NO3. The van der Waals surface area contributed by atoms with Crippen molar-refractivity contribution in [3.63, 3.8) is 0 Å². The van der Waals surface area contributed by atoms with E-state index in [1.165, 1.54) is 4.90 Å². The first kappa shape index (κ1) is 13.3. The highest BCUT2D eigenvalue weighted by molar-refractivity contribution is 6.20. The van der Waals surface area contributed by atoms with Crippen LogP contribution in [-0.2, 0) is 9.59 Å². The monoisotopic (exact) mass is 257 g/mol. The number of nitrogens with zero attached hydrogens (tertiary/aromatic N) is 1. The van der Waals surface area contributed by atoms with E-state index in [4.69, 9.17) is 5.11 Å². The van der Waals surface area contributed by atoms with Crippen LogP contribution in [0.4, 0.5) is 5.69 Å². The molecule has 1 fully saturated rings. The summed E-state index contributed by atoms with van der Waals surface area (Å²) in [5, 5.41) is 8.67. The van der Waals surface area contributed by atoms with Crippen LogP contribution in [0.25, 0.3) is 0 Å². The Morgan fingerprint density at radius 3 is 2.84 bits per heavy atom. The second kappa shape index (κ2) is 5.68. The van der Waals surface area contributed by atoms with Gasteiger partial charge in [-0.1, -0.05) is 24.8 Å². The fraction of sp³-hybridized carbons (Fsp3) is 0.333. The van der Waals surface area contributed by atoms with E-state index in [-0.39, 0.29) is 30.8 Å². The molecule has 1 saturated heterocycles. The molecule has 0 spiro atoms. The summed E-state index contributed by atoms with van der Waals surface area (Å²) in [5.74, 6) is 5.12. The molecule has 1 aromatic rings. The normalized spacial score (nSPS) is 18.4. The van der Waals surface area contributed by atoms with Gasteiger partial charge in [0.25, 0.3) is 0 Å². The lowest BCUT2D eigenvalue weighted by Crippen LogP contribution is -2.29. The third-order valence-electron chi connectivity index (χ3n) is 2.95. The molecule has 2 amide bonds. The molecule has 0 bridgehead atoms. The number of carbonyl (C=O) groups is 2. The molecule has 98 valence electrons. The standard InChI is InChI=1S/C15H15NO3/c1-11-9-14(18)16(15(11)19)13-7-4-6-12(10-13)5-2-3-8-17/h4,6-7,10-11,17H,3,8-9H2,1H3. The van der Waals surface area contributed by atoms with Gasteiger partial charge in [0.05, 0.1) is 12.3 Å². The highest BCUT2D eigenvalue weighted by Gasteiger charge is 2.36. The van der Waals surface area contributed by atoms with Crippen molar-refractivity contribution in [3.05, 3.63) is 29.8 Å². The Morgan fingerprint density at radius 2 is 2.21 bits per heavy atom. The minimum atomic E-state index is -0.253. The van der Waals surface area contributed by atoms with E-state index in [2.05, 4.69) is 11.8 Å². The number of imide groups is 1. The van der Waals surface area contributed by atoms with Crippen molar-refractivity contribution in [1.29, 1.82) is 0 Å². The van der Waals surface area contributed by atoms with Crippen LogP contribution in [0.1, 0.15) is 25.3 Å². The van der Waals surface area contributed by atoms with Gasteiger partial charge in [-0.25, -0.2) is 0 Å². The van der Waals surface area contributed by atoms with Crippen LogP contribution in [-0.4, -0.2) is 23.5 Å². The summed E-state index contributed by atoms with van der Waals surface area (Å²) in [6.45, 7) is 1.78. The van der Waals surface area contributed by atoms with E-state index in [0.29, 0.717) is 12.1 Å². The molecule has 0 aliphatic carbocycles. The van der Waals surface area contributed by atoms with Crippen molar-refractivity contribution in [2.45, 2.75) is 19.8 Å². The Kier molecular flexibility index (Phi) is 3.98. The highest BCUT2D eigenvalue weighted by atomic mass is 16.2. The van der Waals surface area contributed by atoms with E-state index in [0.717, 1.165) is 5.56 Å². The van der Waals surface area contributed by atoms with E-state index < -0.39 is 0 Å². The molecule has 0 radical (unpaired) electrons. The first-order valence-corrected chi connectivity index (χ1v) is 6.20. The Morgan fingerprint density at radius 1 is 1.42 bits per heavy atom. The maximum Gasteiger partial charge on any atom is 0.237 e. The minimum Gasteiger partial charge on any atom is -0.395 e. The van der Waals surface area contributed by atoms with Crippen LogP contribution in [0, 0.1) is 17.8 Å². The maximum atomic E-state index is 11.9. The van der Waals surface area contributed by atoms with Crippen LogP contribution < -0.4 is 4.90 Å². The predicted octanol–water partition coefficient (Wildman–Crippen LogP) is 1.32. The van der Waals surface area contributed by atoms with Gasteiger partial charge in [-0.2, -0.15) is 0 Å². The van der Waals surface area contributed by atoms with Crippen LogP contribution in [0.5, 0.6) is 0 Å². The first-order valence-electron chi connectivity index (χ1n) is 6.20. The van der Waals surface area contributed by atoms with E-state index >= 15 is 0 Å². The largest absolute Gasteiger partial charge is 0.395 e. The fourth-order valence-corrected chi connectivity index (χ4v) is 2.00. The molecule has 1 aliphatic rings. The SMILES string of the molecule is CC1CC(=O)N(c2cccc(C#CCCO)c2)C1=O. The van der Waals surface area contributed by atoms with Gasteiger partial charge >= 0.3 is 0 Å². The van der Waals surface area contributed by atoms with Crippen molar-refractivity contribution in [2.75, 3.05) is 11.5 Å². The number of benzene rings is 1. The molecule has 0 aromatic heterocycles. The van der Waals surface area contributed by atoms with Gasteiger partial charge < -0.3 is 5.11 Å². The summed E-state index contributed by atoms with van der Waals surface area (Å²) in [4.78, 5) is 25.0.